The molecule has 0 N–H and O–H groups in total. The third-order valence-electron chi connectivity index (χ3n) is 12.1. The highest BCUT2D eigenvalue weighted by atomic mass is 14.6. The van der Waals surface area contributed by atoms with Crippen molar-refractivity contribution >= 4 is 64.6 Å². The third-order valence-corrected chi connectivity index (χ3v) is 12.1. The van der Waals surface area contributed by atoms with Crippen LogP contribution in [-0.4, -0.2) is 4.98 Å². The lowest BCUT2D eigenvalue weighted by Gasteiger charge is -2.17. The smallest absolute Gasteiger partial charge is 0.0273 e. The molecule has 0 fully saturated rings. The molecule has 258 valence electrons. The zero-order valence-corrected chi connectivity index (χ0v) is 30.5. The van der Waals surface area contributed by atoms with Crippen molar-refractivity contribution in [2.24, 2.45) is 0 Å². The van der Waals surface area contributed by atoms with Crippen molar-refractivity contribution < 1.29 is 0 Å². The van der Waals surface area contributed by atoms with E-state index in [0.29, 0.717) is 0 Å². The van der Waals surface area contributed by atoms with Gasteiger partial charge in [0.2, 0.25) is 0 Å². The Bertz CT molecular complexity index is 3430. The van der Waals surface area contributed by atoms with Crippen molar-refractivity contribution in [2.45, 2.75) is 0 Å². The van der Waals surface area contributed by atoms with Crippen LogP contribution in [0, 0.1) is 0 Å². The van der Waals surface area contributed by atoms with Gasteiger partial charge < -0.3 is 0 Å². The first-order valence-corrected chi connectivity index (χ1v) is 19.3. The zero-order chi connectivity index (χ0) is 36.7. The Morgan fingerprint density at radius 3 is 1.07 bits per heavy atom. The fourth-order valence-corrected chi connectivity index (χ4v) is 9.41. The van der Waals surface area contributed by atoms with Crippen LogP contribution in [0.1, 0.15) is 0 Å². The minimum absolute atomic E-state index is 1.19. The molecule has 0 radical (unpaired) electrons. The maximum Gasteiger partial charge on any atom is 0.0273 e. The van der Waals surface area contributed by atoms with E-state index in [1.165, 1.54) is 120 Å². The number of nitrogens with zero attached hydrogens (tertiary/aromatic N) is 1. The first kappa shape index (κ1) is 31.0. The average molecular weight is 708 g/mol. The standard InChI is InChI=1S/C55H33N/c1-4-37-14-15-39-17-23-47(50-25-19-38(5-1)52(37)53(39)50)44-8-2-6-42(32-44)34-10-12-35(13-11-34)43-7-3-9-45(33-43)48-24-18-41-20-26-49-46(36-28-30-56-31-29-36)22-16-40-21-27-51(48)55(41)54(40)49/h1-33H. The van der Waals surface area contributed by atoms with Gasteiger partial charge in [0.15, 0.2) is 0 Å². The van der Waals surface area contributed by atoms with E-state index < -0.39 is 0 Å². The van der Waals surface area contributed by atoms with Crippen molar-refractivity contribution in [3.05, 3.63) is 200 Å². The molecule has 12 rings (SSSR count). The number of pyridine rings is 1. The summed E-state index contributed by atoms with van der Waals surface area (Å²) in [4.78, 5) is 4.26. The summed E-state index contributed by atoms with van der Waals surface area (Å²) in [6.45, 7) is 0. The minimum atomic E-state index is 1.19. The normalized spacial score (nSPS) is 11.9. The Kier molecular flexibility index (Phi) is 6.70. The van der Waals surface area contributed by atoms with Gasteiger partial charge in [-0.2, -0.15) is 0 Å². The fraction of sp³-hybridized carbons (Fsp3) is 0. The van der Waals surface area contributed by atoms with Gasteiger partial charge in [-0.15, -0.1) is 0 Å². The molecule has 11 aromatic carbocycles. The molecule has 1 heterocycles. The van der Waals surface area contributed by atoms with E-state index in [1.807, 2.05) is 12.4 Å². The van der Waals surface area contributed by atoms with Crippen LogP contribution in [-0.2, 0) is 0 Å². The molecule has 56 heavy (non-hydrogen) atoms. The molecule has 0 saturated heterocycles. The second kappa shape index (κ2) is 12.1. The molecular weight excluding hydrogens is 675 g/mol. The molecule has 0 amide bonds. The van der Waals surface area contributed by atoms with Gasteiger partial charge in [-0.1, -0.05) is 164 Å². The Hall–Kier alpha value is -7.35. The molecule has 1 heteroatoms. The van der Waals surface area contributed by atoms with Gasteiger partial charge in [0.1, 0.15) is 0 Å². The van der Waals surface area contributed by atoms with Crippen molar-refractivity contribution in [3.8, 4) is 55.6 Å². The van der Waals surface area contributed by atoms with Crippen LogP contribution in [0.3, 0.4) is 0 Å². The largest absolute Gasteiger partial charge is 0.265 e. The molecule has 0 aliphatic heterocycles. The predicted octanol–water partition coefficient (Wildman–Crippen LogP) is 15.2. The maximum absolute atomic E-state index is 4.26. The average Bonchev–Trinajstić information content (AvgIpc) is 3.27. The highest BCUT2D eigenvalue weighted by Crippen LogP contribution is 2.44. The van der Waals surface area contributed by atoms with E-state index in [9.17, 15) is 0 Å². The number of benzene rings is 11. The quantitative estimate of drug-likeness (QED) is 0.162. The first-order valence-electron chi connectivity index (χ1n) is 19.3. The molecule has 0 atom stereocenters. The second-order valence-electron chi connectivity index (χ2n) is 15.1. The fourth-order valence-electron chi connectivity index (χ4n) is 9.41. The molecule has 1 nitrogen and oxygen atoms in total. The minimum Gasteiger partial charge on any atom is -0.265 e. The Balaban J connectivity index is 0.905. The van der Waals surface area contributed by atoms with Gasteiger partial charge >= 0.3 is 0 Å². The second-order valence-corrected chi connectivity index (χ2v) is 15.1. The van der Waals surface area contributed by atoms with Crippen LogP contribution >= 0.6 is 0 Å². The summed E-state index contributed by atoms with van der Waals surface area (Å²) in [6.07, 6.45) is 3.75. The Morgan fingerprint density at radius 1 is 0.232 bits per heavy atom. The van der Waals surface area contributed by atoms with E-state index in [-0.39, 0.29) is 0 Å². The summed E-state index contributed by atoms with van der Waals surface area (Å²) in [5, 5.41) is 15.6. The molecule has 0 aliphatic rings. The monoisotopic (exact) mass is 707 g/mol. The topological polar surface area (TPSA) is 12.9 Å². The lowest BCUT2D eigenvalue weighted by Crippen LogP contribution is -1.90. The summed E-state index contributed by atoms with van der Waals surface area (Å²) < 4.78 is 0. The number of aromatic nitrogens is 1. The molecular formula is C55H33N. The lowest BCUT2D eigenvalue weighted by atomic mass is 9.87. The third kappa shape index (κ3) is 4.71. The molecule has 12 aromatic rings. The summed E-state index contributed by atoms with van der Waals surface area (Å²) in [5.74, 6) is 0. The van der Waals surface area contributed by atoms with Crippen molar-refractivity contribution in [2.75, 3.05) is 0 Å². The van der Waals surface area contributed by atoms with E-state index >= 15 is 0 Å². The van der Waals surface area contributed by atoms with Crippen molar-refractivity contribution in [1.29, 1.82) is 0 Å². The van der Waals surface area contributed by atoms with Gasteiger partial charge in [-0.05, 0) is 145 Å². The SMILES string of the molecule is c1cc(-c2ccc(-c3cccc(-c4ccc5ccc6c(-c7ccncc7)ccc7ccc4c5c76)c3)cc2)cc(-c2ccc3ccc4cccc5ccc2c3c45)c1. The van der Waals surface area contributed by atoms with E-state index in [2.05, 4.69) is 193 Å². The first-order chi connectivity index (χ1) is 27.7. The van der Waals surface area contributed by atoms with E-state index in [0.717, 1.165) is 0 Å². The van der Waals surface area contributed by atoms with Crippen LogP contribution in [0.5, 0.6) is 0 Å². The summed E-state index contributed by atoms with van der Waals surface area (Å²) in [5.41, 5.74) is 12.3. The molecule has 0 saturated carbocycles. The molecule has 0 bridgehead atoms. The highest BCUT2D eigenvalue weighted by molar-refractivity contribution is 6.28. The van der Waals surface area contributed by atoms with Crippen LogP contribution in [0.2, 0.25) is 0 Å². The summed E-state index contributed by atoms with van der Waals surface area (Å²) >= 11 is 0. The molecule has 0 aliphatic carbocycles. The molecule has 1 aromatic heterocycles. The van der Waals surface area contributed by atoms with E-state index in [1.54, 1.807) is 0 Å². The maximum atomic E-state index is 4.26. The van der Waals surface area contributed by atoms with Gasteiger partial charge in [0, 0.05) is 12.4 Å². The molecule has 0 spiro atoms. The molecule has 0 unspecified atom stereocenters. The van der Waals surface area contributed by atoms with Crippen LogP contribution < -0.4 is 0 Å². The number of rotatable bonds is 5. The van der Waals surface area contributed by atoms with Crippen LogP contribution in [0.4, 0.5) is 0 Å². The highest BCUT2D eigenvalue weighted by Gasteiger charge is 2.16. The van der Waals surface area contributed by atoms with Crippen LogP contribution in [0.15, 0.2) is 200 Å². The number of hydrogen-bond donors (Lipinski definition) is 0. The van der Waals surface area contributed by atoms with E-state index in [4.69, 9.17) is 0 Å². The van der Waals surface area contributed by atoms with Gasteiger partial charge in [0.25, 0.3) is 0 Å². The Labute approximate surface area is 324 Å². The van der Waals surface area contributed by atoms with Crippen LogP contribution in [0.25, 0.3) is 120 Å². The summed E-state index contributed by atoms with van der Waals surface area (Å²) in [6, 6.07) is 69.8. The van der Waals surface area contributed by atoms with Crippen molar-refractivity contribution in [3.63, 3.8) is 0 Å². The number of hydrogen-bond acceptors (Lipinski definition) is 1. The van der Waals surface area contributed by atoms with Crippen molar-refractivity contribution in [1.82, 2.24) is 4.98 Å². The summed E-state index contributed by atoms with van der Waals surface area (Å²) in [7, 11) is 0. The van der Waals surface area contributed by atoms with Gasteiger partial charge in [0.05, 0.1) is 0 Å². The van der Waals surface area contributed by atoms with Gasteiger partial charge in [-0.3, -0.25) is 4.98 Å². The zero-order valence-electron chi connectivity index (χ0n) is 30.5. The predicted molar refractivity (Wildman–Crippen MR) is 239 cm³/mol. The Morgan fingerprint density at radius 2 is 0.589 bits per heavy atom. The van der Waals surface area contributed by atoms with Gasteiger partial charge in [-0.25, -0.2) is 0 Å². The lowest BCUT2D eigenvalue weighted by molar-refractivity contribution is 1.33.